The van der Waals surface area contributed by atoms with Crippen LogP contribution in [0.1, 0.15) is 30.0 Å². The number of nitrogens with zero attached hydrogens (tertiary/aromatic N) is 1. The minimum atomic E-state index is -0.772. The molecule has 2 aromatic rings. The van der Waals surface area contributed by atoms with Crippen LogP contribution in [0.5, 0.6) is 11.5 Å². The Morgan fingerprint density at radius 3 is 2.56 bits per heavy atom. The summed E-state index contributed by atoms with van der Waals surface area (Å²) in [5, 5.41) is 9.64. The summed E-state index contributed by atoms with van der Waals surface area (Å²) in [5.41, 5.74) is 2.00. The second-order valence-electron chi connectivity index (χ2n) is 6.16. The highest BCUT2D eigenvalue weighted by molar-refractivity contribution is 5.74. The molecule has 2 aromatic carbocycles. The zero-order valence-corrected chi connectivity index (χ0v) is 14.5. The highest BCUT2D eigenvalue weighted by atomic mass is 16.5. The Morgan fingerprint density at radius 2 is 1.92 bits per heavy atom. The van der Waals surface area contributed by atoms with Gasteiger partial charge in [-0.05, 0) is 30.5 Å². The SMILES string of the molecule is COc1ccc(C(c2ccccc2)N2CCCC2C(=O)O)c(OC)c1. The number of methoxy groups -OCH3 is 2. The van der Waals surface area contributed by atoms with Crippen molar-refractivity contribution < 1.29 is 19.4 Å². The van der Waals surface area contributed by atoms with Gasteiger partial charge in [0.25, 0.3) is 0 Å². The number of carboxylic acid groups (broad SMARTS) is 1. The molecular weight excluding hydrogens is 318 g/mol. The molecule has 0 bridgehead atoms. The Kier molecular flexibility index (Phi) is 5.24. The van der Waals surface area contributed by atoms with Crippen molar-refractivity contribution in [1.82, 2.24) is 4.90 Å². The van der Waals surface area contributed by atoms with E-state index in [4.69, 9.17) is 9.47 Å². The van der Waals surface area contributed by atoms with Gasteiger partial charge in [-0.25, -0.2) is 0 Å². The van der Waals surface area contributed by atoms with E-state index < -0.39 is 12.0 Å². The van der Waals surface area contributed by atoms with E-state index in [1.165, 1.54) is 0 Å². The molecule has 0 radical (unpaired) electrons. The van der Waals surface area contributed by atoms with Crippen molar-refractivity contribution in [1.29, 1.82) is 0 Å². The van der Waals surface area contributed by atoms with Gasteiger partial charge in [-0.1, -0.05) is 30.3 Å². The summed E-state index contributed by atoms with van der Waals surface area (Å²) < 4.78 is 10.9. The largest absolute Gasteiger partial charge is 0.497 e. The van der Waals surface area contributed by atoms with E-state index in [9.17, 15) is 9.90 Å². The standard InChI is InChI=1S/C20H23NO4/c1-24-15-10-11-16(18(13-15)25-2)19(14-7-4-3-5-8-14)21-12-6-9-17(21)20(22)23/h3-5,7-8,10-11,13,17,19H,6,9,12H2,1-2H3,(H,22,23). The molecule has 2 atom stereocenters. The number of ether oxygens (including phenoxy) is 2. The summed E-state index contributed by atoms with van der Waals surface area (Å²) in [6, 6.07) is 15.0. The normalized spacial score (nSPS) is 18.7. The fourth-order valence-corrected chi connectivity index (χ4v) is 3.59. The van der Waals surface area contributed by atoms with Gasteiger partial charge in [-0.3, -0.25) is 9.69 Å². The number of carbonyl (C=O) groups is 1. The molecular formula is C20H23NO4. The lowest BCUT2D eigenvalue weighted by Crippen LogP contribution is -2.39. The molecule has 0 amide bonds. The van der Waals surface area contributed by atoms with Crippen molar-refractivity contribution in [3.05, 3.63) is 59.7 Å². The van der Waals surface area contributed by atoms with E-state index in [0.29, 0.717) is 17.9 Å². The lowest BCUT2D eigenvalue weighted by Gasteiger charge is -2.33. The molecule has 3 rings (SSSR count). The van der Waals surface area contributed by atoms with Crippen molar-refractivity contribution in [2.45, 2.75) is 24.9 Å². The predicted octanol–water partition coefficient (Wildman–Crippen LogP) is 3.34. The topological polar surface area (TPSA) is 59.0 Å². The van der Waals surface area contributed by atoms with Gasteiger partial charge in [0.05, 0.1) is 20.3 Å². The molecule has 132 valence electrons. The molecule has 5 heteroatoms. The third kappa shape index (κ3) is 3.46. The lowest BCUT2D eigenvalue weighted by molar-refractivity contribution is -0.142. The highest BCUT2D eigenvalue weighted by Crippen LogP contribution is 2.40. The average molecular weight is 341 g/mol. The van der Waals surface area contributed by atoms with E-state index >= 15 is 0 Å². The van der Waals surface area contributed by atoms with Crippen molar-refractivity contribution >= 4 is 5.97 Å². The molecule has 25 heavy (non-hydrogen) atoms. The maximum absolute atomic E-state index is 11.7. The summed E-state index contributed by atoms with van der Waals surface area (Å²) in [4.78, 5) is 13.8. The van der Waals surface area contributed by atoms with Crippen molar-refractivity contribution in [3.63, 3.8) is 0 Å². The van der Waals surface area contributed by atoms with Crippen LogP contribution in [0.2, 0.25) is 0 Å². The first-order chi connectivity index (χ1) is 12.2. The second-order valence-corrected chi connectivity index (χ2v) is 6.16. The van der Waals surface area contributed by atoms with Gasteiger partial charge in [0.2, 0.25) is 0 Å². The summed E-state index contributed by atoms with van der Waals surface area (Å²) >= 11 is 0. The van der Waals surface area contributed by atoms with Crippen LogP contribution in [-0.4, -0.2) is 42.8 Å². The van der Waals surface area contributed by atoms with Crippen LogP contribution in [0.25, 0.3) is 0 Å². The number of likely N-dealkylation sites (tertiary alicyclic amines) is 1. The van der Waals surface area contributed by atoms with E-state index in [0.717, 1.165) is 24.1 Å². The third-order valence-electron chi connectivity index (χ3n) is 4.76. The molecule has 0 saturated carbocycles. The van der Waals surface area contributed by atoms with Gasteiger partial charge in [0.1, 0.15) is 17.5 Å². The molecule has 1 fully saturated rings. The van der Waals surface area contributed by atoms with Gasteiger partial charge in [-0.2, -0.15) is 0 Å². The smallest absolute Gasteiger partial charge is 0.320 e. The van der Waals surface area contributed by atoms with Crippen LogP contribution in [0.4, 0.5) is 0 Å². The number of carboxylic acids is 1. The fraction of sp³-hybridized carbons (Fsp3) is 0.350. The van der Waals surface area contributed by atoms with Gasteiger partial charge in [0.15, 0.2) is 0 Å². The van der Waals surface area contributed by atoms with Crippen molar-refractivity contribution in [2.24, 2.45) is 0 Å². The van der Waals surface area contributed by atoms with Crippen LogP contribution in [0, 0.1) is 0 Å². The maximum Gasteiger partial charge on any atom is 0.320 e. The van der Waals surface area contributed by atoms with Gasteiger partial charge in [-0.15, -0.1) is 0 Å². The molecule has 1 aliphatic rings. The molecule has 1 saturated heterocycles. The zero-order chi connectivity index (χ0) is 17.8. The van der Waals surface area contributed by atoms with Gasteiger partial charge >= 0.3 is 5.97 Å². The maximum atomic E-state index is 11.7. The van der Waals surface area contributed by atoms with Crippen LogP contribution in [0.3, 0.4) is 0 Å². The molecule has 1 N–H and O–H groups in total. The minimum absolute atomic E-state index is 0.175. The molecule has 1 aliphatic heterocycles. The molecule has 2 unspecified atom stereocenters. The van der Waals surface area contributed by atoms with Crippen LogP contribution >= 0.6 is 0 Å². The summed E-state index contributed by atoms with van der Waals surface area (Å²) in [5.74, 6) is 0.638. The summed E-state index contributed by atoms with van der Waals surface area (Å²) in [6.07, 6.45) is 1.54. The Bertz CT molecular complexity index is 732. The van der Waals surface area contributed by atoms with Crippen LogP contribution in [0.15, 0.2) is 48.5 Å². The minimum Gasteiger partial charge on any atom is -0.497 e. The van der Waals surface area contributed by atoms with Crippen molar-refractivity contribution in [2.75, 3.05) is 20.8 Å². The Hall–Kier alpha value is -2.53. The number of hydrogen-bond donors (Lipinski definition) is 1. The zero-order valence-electron chi connectivity index (χ0n) is 14.5. The van der Waals surface area contributed by atoms with E-state index in [1.807, 2.05) is 48.5 Å². The number of rotatable bonds is 6. The second kappa shape index (κ2) is 7.57. The molecule has 0 spiro atoms. The quantitative estimate of drug-likeness (QED) is 0.873. The van der Waals surface area contributed by atoms with Gasteiger partial charge in [0, 0.05) is 18.2 Å². The summed E-state index contributed by atoms with van der Waals surface area (Å²) in [7, 11) is 3.24. The lowest BCUT2D eigenvalue weighted by atomic mass is 9.95. The number of aliphatic carboxylic acids is 1. The number of benzene rings is 2. The Morgan fingerprint density at radius 1 is 1.16 bits per heavy atom. The highest BCUT2D eigenvalue weighted by Gasteiger charge is 2.37. The molecule has 0 aromatic heterocycles. The van der Waals surface area contributed by atoms with E-state index in [2.05, 4.69) is 4.90 Å². The van der Waals surface area contributed by atoms with Gasteiger partial charge < -0.3 is 14.6 Å². The average Bonchev–Trinajstić information content (AvgIpc) is 3.12. The van der Waals surface area contributed by atoms with Crippen LogP contribution in [-0.2, 0) is 4.79 Å². The Labute approximate surface area is 147 Å². The Balaban J connectivity index is 2.11. The van der Waals surface area contributed by atoms with E-state index in [1.54, 1.807) is 14.2 Å². The number of hydrogen-bond acceptors (Lipinski definition) is 4. The summed E-state index contributed by atoms with van der Waals surface area (Å²) in [6.45, 7) is 0.742. The molecule has 0 aliphatic carbocycles. The molecule has 5 nitrogen and oxygen atoms in total. The first-order valence-electron chi connectivity index (χ1n) is 8.41. The van der Waals surface area contributed by atoms with Crippen LogP contribution < -0.4 is 9.47 Å². The predicted molar refractivity (Wildman–Crippen MR) is 95.2 cm³/mol. The van der Waals surface area contributed by atoms with E-state index in [-0.39, 0.29) is 6.04 Å². The first kappa shape index (κ1) is 17.3. The fourth-order valence-electron chi connectivity index (χ4n) is 3.59. The third-order valence-corrected chi connectivity index (χ3v) is 4.76. The monoisotopic (exact) mass is 341 g/mol. The first-order valence-corrected chi connectivity index (χ1v) is 8.41. The molecule has 1 heterocycles. The van der Waals surface area contributed by atoms with Crippen molar-refractivity contribution in [3.8, 4) is 11.5 Å².